The van der Waals surface area contributed by atoms with Gasteiger partial charge in [0.05, 0.1) is 11.1 Å². The molecule has 0 fully saturated rings. The van der Waals surface area contributed by atoms with Crippen molar-refractivity contribution in [1.29, 1.82) is 0 Å². The third-order valence-electron chi connectivity index (χ3n) is 3.30. The van der Waals surface area contributed by atoms with E-state index in [0.717, 1.165) is 16.5 Å². The van der Waals surface area contributed by atoms with Crippen LogP contribution in [0.5, 0.6) is 0 Å². The normalized spacial score (nSPS) is 11.2. The minimum atomic E-state index is -0.537. The molecule has 0 spiro atoms. The Morgan fingerprint density at radius 3 is 2.45 bits per heavy atom. The molecule has 2 aromatic carbocycles. The Bertz CT molecular complexity index is 778. The van der Waals surface area contributed by atoms with Gasteiger partial charge in [0.15, 0.2) is 0 Å². The van der Waals surface area contributed by atoms with E-state index in [0.29, 0.717) is 5.56 Å². The molecule has 0 saturated heterocycles. The first-order valence-electron chi connectivity index (χ1n) is 5.97. The number of aryl methyl sites for hydroxylation is 1. The Morgan fingerprint density at radius 2 is 1.80 bits per heavy atom. The largest absolute Gasteiger partial charge is 0.282 e. The van der Waals surface area contributed by atoms with Crippen molar-refractivity contribution in [2.75, 3.05) is 0 Å². The summed E-state index contributed by atoms with van der Waals surface area (Å²) in [5.74, 6) is -1.07. The number of hydrogen-bond acceptors (Lipinski definition) is 1. The lowest BCUT2D eigenvalue weighted by Gasteiger charge is -2.06. The van der Waals surface area contributed by atoms with Gasteiger partial charge in [0.2, 0.25) is 0 Å². The molecule has 0 atom stereocenters. The lowest BCUT2D eigenvalue weighted by Crippen LogP contribution is -1.89. The summed E-state index contributed by atoms with van der Waals surface area (Å²) in [5.41, 5.74) is 2.72. The van der Waals surface area contributed by atoms with Crippen LogP contribution in [0.15, 0.2) is 42.6 Å². The van der Waals surface area contributed by atoms with Crippen LogP contribution >= 0.6 is 30.3 Å². The molecule has 20 heavy (non-hydrogen) atoms. The average Bonchev–Trinajstić information content (AvgIpc) is 2.75. The fraction of sp³-hybridized carbons (Fsp3) is 0.0667. The highest BCUT2D eigenvalue weighted by Gasteiger charge is 2.13. The minimum Gasteiger partial charge on any atom is -0.282 e. The van der Waals surface area contributed by atoms with Gasteiger partial charge >= 0.3 is 0 Å². The monoisotopic (exact) mass is 401 g/mol. The van der Waals surface area contributed by atoms with Crippen LogP contribution in [0.1, 0.15) is 5.56 Å². The molecular formula is C15H10F2INS. The number of nitrogens with zero attached hydrogens (tertiary/aromatic N) is 1. The molecule has 0 radical (unpaired) electrons. The van der Waals surface area contributed by atoms with Crippen LogP contribution in [0.3, 0.4) is 0 Å². The highest BCUT2D eigenvalue weighted by Crippen LogP contribution is 2.33. The van der Waals surface area contributed by atoms with E-state index in [1.807, 2.05) is 29.2 Å². The fourth-order valence-electron chi connectivity index (χ4n) is 2.35. The summed E-state index contributed by atoms with van der Waals surface area (Å²) >= 11 is 2.21. The van der Waals surface area contributed by atoms with Gasteiger partial charge in [-0.15, -0.1) is 0 Å². The van der Waals surface area contributed by atoms with Gasteiger partial charge in [0.1, 0.15) is 11.6 Å². The zero-order valence-electron chi connectivity index (χ0n) is 10.5. The van der Waals surface area contributed by atoms with Gasteiger partial charge in [-0.05, 0) is 42.3 Å². The summed E-state index contributed by atoms with van der Waals surface area (Å²) in [6.07, 6.45) is 2.02. The van der Waals surface area contributed by atoms with Crippen LogP contribution in [0.2, 0.25) is 0 Å². The van der Waals surface area contributed by atoms with Crippen molar-refractivity contribution in [2.45, 2.75) is 6.92 Å². The SMILES string of the molecule is Cc1cn(SI)c2ccc(-c3c(F)cccc3F)cc12. The highest BCUT2D eigenvalue weighted by molar-refractivity contribution is 14.2. The number of aromatic nitrogens is 1. The lowest BCUT2D eigenvalue weighted by atomic mass is 10.0. The number of benzene rings is 2. The summed E-state index contributed by atoms with van der Waals surface area (Å²) in [6.45, 7) is 1.99. The van der Waals surface area contributed by atoms with Gasteiger partial charge in [0, 0.05) is 41.9 Å². The molecule has 5 heteroatoms. The molecule has 102 valence electrons. The molecule has 3 rings (SSSR count). The van der Waals surface area contributed by atoms with E-state index < -0.39 is 11.6 Å². The maximum atomic E-state index is 13.9. The molecule has 0 amide bonds. The van der Waals surface area contributed by atoms with E-state index in [1.165, 1.54) is 18.2 Å². The average molecular weight is 401 g/mol. The first-order valence-corrected chi connectivity index (χ1v) is 9.28. The molecule has 0 unspecified atom stereocenters. The summed E-state index contributed by atoms with van der Waals surface area (Å²) in [7, 11) is 1.57. The van der Waals surface area contributed by atoms with Crippen LogP contribution in [0, 0.1) is 18.6 Å². The first kappa shape index (κ1) is 13.9. The van der Waals surface area contributed by atoms with Crippen LogP contribution in [-0.2, 0) is 0 Å². The Morgan fingerprint density at radius 1 is 1.10 bits per heavy atom. The van der Waals surface area contributed by atoms with Crippen molar-refractivity contribution < 1.29 is 8.78 Å². The van der Waals surface area contributed by atoms with Gasteiger partial charge in [-0.3, -0.25) is 3.97 Å². The Labute approximate surface area is 131 Å². The molecular weight excluding hydrogens is 391 g/mol. The van der Waals surface area contributed by atoms with E-state index in [4.69, 9.17) is 0 Å². The van der Waals surface area contributed by atoms with E-state index >= 15 is 0 Å². The molecule has 1 heterocycles. The first-order chi connectivity index (χ1) is 9.61. The zero-order valence-corrected chi connectivity index (χ0v) is 13.5. The van der Waals surface area contributed by atoms with E-state index in [1.54, 1.807) is 15.2 Å². The highest BCUT2D eigenvalue weighted by atomic mass is 127. The summed E-state index contributed by atoms with van der Waals surface area (Å²) in [5, 5.41) is 1.01. The second-order valence-corrected chi connectivity index (χ2v) is 6.25. The van der Waals surface area contributed by atoms with Gasteiger partial charge in [-0.1, -0.05) is 12.1 Å². The molecule has 0 aliphatic rings. The van der Waals surface area contributed by atoms with Crippen molar-refractivity contribution in [3.63, 3.8) is 0 Å². The predicted molar refractivity (Wildman–Crippen MR) is 89.0 cm³/mol. The molecule has 1 nitrogen and oxygen atoms in total. The van der Waals surface area contributed by atoms with Crippen LogP contribution < -0.4 is 0 Å². The molecule has 1 aromatic heterocycles. The van der Waals surface area contributed by atoms with Crippen molar-refractivity contribution >= 4 is 41.2 Å². The minimum absolute atomic E-state index is 0.0312. The summed E-state index contributed by atoms with van der Waals surface area (Å²) in [6, 6.07) is 9.43. The van der Waals surface area contributed by atoms with Gasteiger partial charge in [0.25, 0.3) is 0 Å². The second-order valence-electron chi connectivity index (χ2n) is 4.54. The Kier molecular flexibility index (Phi) is 3.72. The number of fused-ring (bicyclic) bond motifs is 1. The van der Waals surface area contributed by atoms with E-state index in [2.05, 4.69) is 21.2 Å². The van der Waals surface area contributed by atoms with Gasteiger partial charge < -0.3 is 0 Å². The Hall–Kier alpha value is -1.08. The third kappa shape index (κ3) is 2.22. The van der Waals surface area contributed by atoms with E-state index in [-0.39, 0.29) is 5.56 Å². The van der Waals surface area contributed by atoms with Crippen molar-refractivity contribution in [3.05, 3.63) is 59.8 Å². The maximum absolute atomic E-state index is 13.9. The third-order valence-corrected chi connectivity index (χ3v) is 5.02. The molecule has 0 saturated carbocycles. The van der Waals surface area contributed by atoms with Crippen molar-refractivity contribution in [1.82, 2.24) is 3.97 Å². The smallest absolute Gasteiger partial charge is 0.133 e. The fourth-order valence-corrected chi connectivity index (χ4v) is 3.75. The van der Waals surface area contributed by atoms with Gasteiger partial charge in [-0.2, -0.15) is 0 Å². The molecule has 3 aromatic rings. The lowest BCUT2D eigenvalue weighted by molar-refractivity contribution is 0.589. The van der Waals surface area contributed by atoms with Crippen molar-refractivity contribution in [3.8, 4) is 11.1 Å². The standard InChI is InChI=1S/C15H10F2INS/c1-9-8-19(20-18)14-6-5-10(7-11(9)14)15-12(16)3-2-4-13(15)17/h2-8H,1H3. The maximum Gasteiger partial charge on any atom is 0.133 e. The number of hydrogen-bond donors (Lipinski definition) is 0. The van der Waals surface area contributed by atoms with Gasteiger partial charge in [-0.25, -0.2) is 8.78 Å². The Balaban J connectivity index is 2.26. The number of halogens is 3. The summed E-state index contributed by atoms with van der Waals surface area (Å²) < 4.78 is 29.7. The molecule has 0 aliphatic carbocycles. The summed E-state index contributed by atoms with van der Waals surface area (Å²) in [4.78, 5) is 0. The quantitative estimate of drug-likeness (QED) is 0.496. The zero-order chi connectivity index (χ0) is 14.3. The van der Waals surface area contributed by atoms with Crippen LogP contribution in [0.4, 0.5) is 8.78 Å². The molecule has 0 aliphatic heterocycles. The topological polar surface area (TPSA) is 4.93 Å². The van der Waals surface area contributed by atoms with Crippen LogP contribution in [-0.4, -0.2) is 3.97 Å². The van der Waals surface area contributed by atoms with E-state index in [9.17, 15) is 8.78 Å². The second kappa shape index (κ2) is 5.37. The number of rotatable bonds is 2. The molecule has 0 N–H and O–H groups in total. The molecule has 0 bridgehead atoms. The predicted octanol–water partition coefficient (Wildman–Crippen LogP) is 5.74. The van der Waals surface area contributed by atoms with Crippen molar-refractivity contribution in [2.24, 2.45) is 0 Å². The van der Waals surface area contributed by atoms with Crippen LogP contribution in [0.25, 0.3) is 22.0 Å².